The molecule has 1 N–H and O–H groups in total. The molecule has 22 heavy (non-hydrogen) atoms. The maximum atomic E-state index is 12.3. The van der Waals surface area contributed by atoms with Crippen molar-refractivity contribution in [2.75, 3.05) is 33.2 Å². The number of rotatable bonds is 5. The Morgan fingerprint density at radius 3 is 2.95 bits per heavy atom. The van der Waals surface area contributed by atoms with Gasteiger partial charge in [-0.3, -0.25) is 4.90 Å². The zero-order valence-electron chi connectivity index (χ0n) is 12.4. The predicted octanol–water partition coefficient (Wildman–Crippen LogP) is 2.57. The van der Waals surface area contributed by atoms with Crippen molar-refractivity contribution in [1.29, 1.82) is 0 Å². The molecule has 2 heterocycles. The van der Waals surface area contributed by atoms with Crippen LogP contribution in [0, 0.1) is 0 Å². The molecule has 1 fully saturated rings. The van der Waals surface area contributed by atoms with Gasteiger partial charge in [-0.1, -0.05) is 6.07 Å². The van der Waals surface area contributed by atoms with Gasteiger partial charge < -0.3 is 10.2 Å². The van der Waals surface area contributed by atoms with Crippen molar-refractivity contribution >= 4 is 17.4 Å². The molecule has 1 aliphatic heterocycles. The molecule has 2 rings (SSSR count). The van der Waals surface area contributed by atoms with Crippen LogP contribution in [0.1, 0.15) is 11.3 Å². The molecule has 0 radical (unpaired) electrons. The SMILES string of the molecule is CN(CCc1cccs1)C(=O)N[C@H]1CCN(CC(F)(F)F)C1. The number of halogens is 3. The van der Waals surface area contributed by atoms with E-state index in [1.165, 1.54) is 9.78 Å². The third kappa shape index (κ3) is 5.49. The van der Waals surface area contributed by atoms with Gasteiger partial charge in [-0.2, -0.15) is 13.2 Å². The molecule has 124 valence electrons. The van der Waals surface area contributed by atoms with Crippen LogP contribution in [0.15, 0.2) is 17.5 Å². The number of likely N-dealkylation sites (N-methyl/N-ethyl adjacent to an activating group) is 1. The lowest BCUT2D eigenvalue weighted by Crippen LogP contribution is -2.45. The van der Waals surface area contributed by atoms with Gasteiger partial charge in [0.05, 0.1) is 6.54 Å². The number of carbonyl (C=O) groups is 1. The summed E-state index contributed by atoms with van der Waals surface area (Å²) in [5.41, 5.74) is 0. The normalized spacial score (nSPS) is 19.4. The molecule has 8 heteroatoms. The Hall–Kier alpha value is -1.28. The van der Waals surface area contributed by atoms with Gasteiger partial charge >= 0.3 is 12.2 Å². The first-order chi connectivity index (χ1) is 10.3. The second-order valence-electron chi connectivity index (χ2n) is 5.54. The third-order valence-electron chi connectivity index (χ3n) is 3.62. The molecule has 1 aromatic heterocycles. The van der Waals surface area contributed by atoms with Crippen LogP contribution in [0.25, 0.3) is 0 Å². The maximum absolute atomic E-state index is 12.3. The molecule has 0 saturated carbocycles. The van der Waals surface area contributed by atoms with Crippen LogP contribution in [0.5, 0.6) is 0 Å². The first-order valence-electron chi connectivity index (χ1n) is 7.16. The van der Waals surface area contributed by atoms with Crippen LogP contribution in [-0.4, -0.2) is 61.3 Å². The highest BCUT2D eigenvalue weighted by Crippen LogP contribution is 2.20. The second kappa shape index (κ2) is 7.32. The second-order valence-corrected chi connectivity index (χ2v) is 6.57. The van der Waals surface area contributed by atoms with E-state index in [0.717, 1.165) is 6.42 Å². The zero-order valence-corrected chi connectivity index (χ0v) is 13.2. The molecule has 0 spiro atoms. The highest BCUT2D eigenvalue weighted by atomic mass is 32.1. The molecular weight excluding hydrogens is 315 g/mol. The van der Waals surface area contributed by atoms with E-state index >= 15 is 0 Å². The average Bonchev–Trinajstić information content (AvgIpc) is 3.06. The lowest BCUT2D eigenvalue weighted by Gasteiger charge is -2.21. The van der Waals surface area contributed by atoms with Gasteiger partial charge in [-0.15, -0.1) is 11.3 Å². The maximum Gasteiger partial charge on any atom is 0.401 e. The summed E-state index contributed by atoms with van der Waals surface area (Å²) in [6.45, 7) is 0.298. The molecular formula is C14H20F3N3OS. The van der Waals surface area contributed by atoms with E-state index in [2.05, 4.69) is 5.32 Å². The van der Waals surface area contributed by atoms with Crippen LogP contribution in [0.2, 0.25) is 0 Å². The van der Waals surface area contributed by atoms with Crippen molar-refractivity contribution in [3.63, 3.8) is 0 Å². The van der Waals surface area contributed by atoms with Gasteiger partial charge in [0.25, 0.3) is 0 Å². The molecule has 4 nitrogen and oxygen atoms in total. The number of likely N-dealkylation sites (tertiary alicyclic amines) is 1. The minimum Gasteiger partial charge on any atom is -0.334 e. The molecule has 1 aromatic rings. The Labute approximate surface area is 131 Å². The van der Waals surface area contributed by atoms with Crippen molar-refractivity contribution in [3.05, 3.63) is 22.4 Å². The summed E-state index contributed by atoms with van der Waals surface area (Å²) < 4.78 is 37.0. The summed E-state index contributed by atoms with van der Waals surface area (Å²) in [4.78, 5) is 16.1. The molecule has 0 unspecified atom stereocenters. The number of thiophene rings is 1. The third-order valence-corrected chi connectivity index (χ3v) is 4.56. The minimum absolute atomic E-state index is 0.209. The monoisotopic (exact) mass is 335 g/mol. The Bertz CT molecular complexity index is 478. The van der Waals surface area contributed by atoms with Gasteiger partial charge in [0, 0.05) is 37.6 Å². The first kappa shape index (κ1) is 17.1. The summed E-state index contributed by atoms with van der Waals surface area (Å²) in [5, 5.41) is 4.80. The number of urea groups is 1. The average molecular weight is 335 g/mol. The number of nitrogens with zero attached hydrogens (tertiary/aromatic N) is 2. The number of nitrogens with one attached hydrogen (secondary N) is 1. The summed E-state index contributed by atoms with van der Waals surface area (Å²) in [6.07, 6.45) is -2.84. The van der Waals surface area contributed by atoms with Crippen LogP contribution in [0.4, 0.5) is 18.0 Å². The highest BCUT2D eigenvalue weighted by Gasteiger charge is 2.34. The predicted molar refractivity (Wildman–Crippen MR) is 80.1 cm³/mol. The molecule has 0 aromatic carbocycles. The van der Waals surface area contributed by atoms with E-state index in [4.69, 9.17) is 0 Å². The van der Waals surface area contributed by atoms with E-state index < -0.39 is 12.7 Å². The number of carbonyl (C=O) groups excluding carboxylic acids is 1. The molecule has 1 aliphatic rings. The Balaban J connectivity index is 1.70. The molecule has 0 bridgehead atoms. The number of alkyl halides is 3. The summed E-state index contributed by atoms with van der Waals surface area (Å²) in [7, 11) is 1.70. The van der Waals surface area contributed by atoms with E-state index in [9.17, 15) is 18.0 Å². The minimum atomic E-state index is -4.18. The summed E-state index contributed by atoms with van der Waals surface area (Å²) in [5.74, 6) is 0. The van der Waals surface area contributed by atoms with Crippen molar-refractivity contribution < 1.29 is 18.0 Å². The fourth-order valence-electron chi connectivity index (χ4n) is 2.47. The lowest BCUT2D eigenvalue weighted by atomic mass is 10.3. The fourth-order valence-corrected chi connectivity index (χ4v) is 3.16. The molecule has 1 saturated heterocycles. The summed E-state index contributed by atoms with van der Waals surface area (Å²) in [6, 6.07) is 3.55. The van der Waals surface area contributed by atoms with Gasteiger partial charge in [0.2, 0.25) is 0 Å². The van der Waals surface area contributed by atoms with Crippen LogP contribution >= 0.6 is 11.3 Å². The van der Waals surface area contributed by atoms with Crippen LogP contribution in [0.3, 0.4) is 0 Å². The van der Waals surface area contributed by atoms with E-state index in [1.807, 2.05) is 17.5 Å². The van der Waals surface area contributed by atoms with Gasteiger partial charge in [-0.25, -0.2) is 4.79 Å². The molecule has 2 amide bonds. The number of hydrogen-bond acceptors (Lipinski definition) is 3. The smallest absolute Gasteiger partial charge is 0.334 e. The number of hydrogen-bond donors (Lipinski definition) is 1. The standard InChI is InChI=1S/C14H20F3N3OS/c1-19(6-5-12-3-2-8-22-12)13(21)18-11-4-7-20(9-11)10-14(15,16)17/h2-3,8,11H,4-7,9-10H2,1H3,(H,18,21)/t11-/m0/s1. The fraction of sp³-hybridized carbons (Fsp3) is 0.643. The first-order valence-corrected chi connectivity index (χ1v) is 8.04. The number of amides is 2. The molecule has 0 aliphatic carbocycles. The Morgan fingerprint density at radius 2 is 2.32 bits per heavy atom. The quantitative estimate of drug-likeness (QED) is 0.898. The van der Waals surface area contributed by atoms with Gasteiger partial charge in [-0.05, 0) is 24.3 Å². The van der Waals surface area contributed by atoms with Crippen molar-refractivity contribution in [3.8, 4) is 0 Å². The Morgan fingerprint density at radius 1 is 1.55 bits per heavy atom. The highest BCUT2D eigenvalue weighted by molar-refractivity contribution is 7.09. The van der Waals surface area contributed by atoms with Crippen molar-refractivity contribution in [2.45, 2.75) is 25.1 Å². The van der Waals surface area contributed by atoms with E-state index in [0.29, 0.717) is 19.5 Å². The van der Waals surface area contributed by atoms with Crippen LogP contribution in [-0.2, 0) is 6.42 Å². The topological polar surface area (TPSA) is 35.6 Å². The molecule has 1 atom stereocenters. The van der Waals surface area contributed by atoms with E-state index in [1.54, 1.807) is 23.3 Å². The van der Waals surface area contributed by atoms with Crippen molar-refractivity contribution in [1.82, 2.24) is 15.1 Å². The largest absolute Gasteiger partial charge is 0.401 e. The zero-order chi connectivity index (χ0) is 16.2. The van der Waals surface area contributed by atoms with E-state index in [-0.39, 0.29) is 18.6 Å². The van der Waals surface area contributed by atoms with Crippen LogP contribution < -0.4 is 5.32 Å². The lowest BCUT2D eigenvalue weighted by molar-refractivity contribution is -0.143. The Kier molecular flexibility index (Phi) is 5.69. The van der Waals surface area contributed by atoms with Crippen molar-refractivity contribution in [2.24, 2.45) is 0 Å². The summed E-state index contributed by atoms with van der Waals surface area (Å²) >= 11 is 1.64. The van der Waals surface area contributed by atoms with Gasteiger partial charge in [0.15, 0.2) is 0 Å². The van der Waals surface area contributed by atoms with Gasteiger partial charge in [0.1, 0.15) is 0 Å².